The number of amides is 2. The first kappa shape index (κ1) is 20.9. The Hall–Kier alpha value is -2.38. The van der Waals surface area contributed by atoms with Crippen LogP contribution in [0.3, 0.4) is 0 Å². The highest BCUT2D eigenvalue weighted by Crippen LogP contribution is 2.24. The van der Waals surface area contributed by atoms with Crippen LogP contribution < -0.4 is 4.31 Å². The molecule has 146 valence electrons. The molecule has 0 aromatic heterocycles. The highest BCUT2D eigenvalue weighted by molar-refractivity contribution is 7.93. The summed E-state index contributed by atoms with van der Waals surface area (Å²) >= 11 is 0. The van der Waals surface area contributed by atoms with Gasteiger partial charge < -0.3 is 9.80 Å². The van der Waals surface area contributed by atoms with E-state index in [2.05, 4.69) is 18.7 Å². The molecule has 6 nitrogen and oxygen atoms in total. The van der Waals surface area contributed by atoms with Crippen molar-refractivity contribution < 1.29 is 13.2 Å². The smallest absolute Gasteiger partial charge is 0.325 e. The van der Waals surface area contributed by atoms with Crippen molar-refractivity contribution in [3.05, 3.63) is 60.7 Å². The third-order valence-electron chi connectivity index (χ3n) is 4.42. The Morgan fingerprint density at radius 1 is 0.852 bits per heavy atom. The summed E-state index contributed by atoms with van der Waals surface area (Å²) in [7, 11) is -2.39. The molecule has 0 heterocycles. The quantitative estimate of drug-likeness (QED) is 0.695. The molecule has 27 heavy (non-hydrogen) atoms. The minimum atomic E-state index is -4.02. The van der Waals surface area contributed by atoms with Crippen LogP contribution in [0.25, 0.3) is 0 Å². The van der Waals surface area contributed by atoms with Gasteiger partial charge in [-0.2, -0.15) is 4.31 Å². The summed E-state index contributed by atoms with van der Waals surface area (Å²) in [6.07, 6.45) is 0. The molecule has 2 rings (SSSR count). The van der Waals surface area contributed by atoms with Gasteiger partial charge in [0, 0.05) is 20.1 Å². The summed E-state index contributed by atoms with van der Waals surface area (Å²) in [6.45, 7) is 6.99. The van der Waals surface area contributed by atoms with Gasteiger partial charge >= 0.3 is 6.03 Å². The lowest BCUT2D eigenvalue weighted by Gasteiger charge is -2.29. The van der Waals surface area contributed by atoms with E-state index in [0.717, 1.165) is 17.4 Å². The molecule has 2 aromatic carbocycles. The molecule has 0 radical (unpaired) electrons. The second-order valence-electron chi connectivity index (χ2n) is 6.15. The maximum Gasteiger partial charge on any atom is 0.338 e. The number of carbonyl (C=O) groups is 1. The minimum absolute atomic E-state index is 0.0827. The monoisotopic (exact) mass is 389 g/mol. The SMILES string of the molecule is CCN(CC)CCN(C)C(=O)N(c1ccccc1)S(=O)(=O)c1ccccc1. The standard InChI is InChI=1S/C20H27N3O3S/c1-4-22(5-2)17-16-21(3)20(24)23(18-12-8-6-9-13-18)27(25,26)19-14-10-7-11-15-19/h6-15H,4-5,16-17H2,1-3H3. The molecule has 0 N–H and O–H groups in total. The van der Waals surface area contributed by atoms with Gasteiger partial charge in [-0.25, -0.2) is 13.2 Å². The van der Waals surface area contributed by atoms with Crippen molar-refractivity contribution in [1.29, 1.82) is 0 Å². The first-order valence-corrected chi connectivity index (χ1v) is 10.5. The lowest BCUT2D eigenvalue weighted by atomic mass is 10.3. The summed E-state index contributed by atoms with van der Waals surface area (Å²) in [5.74, 6) is 0. The van der Waals surface area contributed by atoms with E-state index in [9.17, 15) is 13.2 Å². The predicted octanol–water partition coefficient (Wildman–Crippen LogP) is 3.28. The van der Waals surface area contributed by atoms with E-state index in [4.69, 9.17) is 0 Å². The van der Waals surface area contributed by atoms with Crippen molar-refractivity contribution in [3.63, 3.8) is 0 Å². The Morgan fingerprint density at radius 3 is 1.89 bits per heavy atom. The summed E-state index contributed by atoms with van der Waals surface area (Å²) in [5.41, 5.74) is 0.320. The van der Waals surface area contributed by atoms with Crippen LogP contribution in [0.15, 0.2) is 65.6 Å². The van der Waals surface area contributed by atoms with E-state index in [1.807, 2.05) is 0 Å². The molecule has 0 unspecified atom stereocenters. The third kappa shape index (κ3) is 5.08. The van der Waals surface area contributed by atoms with Crippen molar-refractivity contribution >= 4 is 21.7 Å². The topological polar surface area (TPSA) is 60.9 Å². The molecule has 0 saturated heterocycles. The average Bonchev–Trinajstić information content (AvgIpc) is 2.70. The zero-order valence-electron chi connectivity index (χ0n) is 16.1. The van der Waals surface area contributed by atoms with Gasteiger partial charge in [-0.3, -0.25) is 0 Å². The average molecular weight is 390 g/mol. The molecule has 0 atom stereocenters. The maximum atomic E-state index is 13.2. The van der Waals surface area contributed by atoms with E-state index in [-0.39, 0.29) is 4.90 Å². The van der Waals surface area contributed by atoms with Crippen molar-refractivity contribution in [1.82, 2.24) is 9.80 Å². The van der Waals surface area contributed by atoms with E-state index >= 15 is 0 Å². The molecule has 2 aromatic rings. The zero-order chi connectivity index (χ0) is 19.9. The maximum absolute atomic E-state index is 13.2. The van der Waals surface area contributed by atoms with E-state index in [1.165, 1.54) is 17.0 Å². The first-order valence-electron chi connectivity index (χ1n) is 9.04. The number of rotatable bonds is 8. The highest BCUT2D eigenvalue weighted by atomic mass is 32.2. The van der Waals surface area contributed by atoms with Gasteiger partial charge in [-0.05, 0) is 37.4 Å². The molecule has 0 saturated carbocycles. The van der Waals surface area contributed by atoms with Gasteiger partial charge in [0.15, 0.2) is 0 Å². The van der Waals surface area contributed by atoms with Gasteiger partial charge in [-0.15, -0.1) is 0 Å². The lowest BCUT2D eigenvalue weighted by molar-refractivity contribution is 0.207. The lowest BCUT2D eigenvalue weighted by Crippen LogP contribution is -2.47. The van der Waals surface area contributed by atoms with Crippen LogP contribution in [-0.4, -0.2) is 57.5 Å². The second kappa shape index (κ2) is 9.53. The number of sulfonamides is 1. The molecule has 7 heteroatoms. The molecular weight excluding hydrogens is 362 g/mol. The molecule has 2 amide bonds. The zero-order valence-corrected chi connectivity index (χ0v) is 16.9. The number of likely N-dealkylation sites (N-methyl/N-ethyl adjacent to an activating group) is 2. The molecular formula is C20H27N3O3S. The van der Waals surface area contributed by atoms with Gasteiger partial charge in [0.2, 0.25) is 0 Å². The predicted molar refractivity (Wildman–Crippen MR) is 108 cm³/mol. The van der Waals surface area contributed by atoms with Gasteiger partial charge in [0.1, 0.15) is 0 Å². The van der Waals surface area contributed by atoms with Crippen molar-refractivity contribution in [2.45, 2.75) is 18.7 Å². The summed E-state index contributed by atoms with van der Waals surface area (Å²) < 4.78 is 27.3. The van der Waals surface area contributed by atoms with E-state index in [1.54, 1.807) is 55.6 Å². The fraction of sp³-hybridized carbons (Fsp3) is 0.350. The number of nitrogens with zero attached hydrogens (tertiary/aromatic N) is 3. The number of hydrogen-bond acceptors (Lipinski definition) is 4. The number of carbonyl (C=O) groups excluding carboxylic acids is 1. The number of para-hydroxylation sites is 1. The summed E-state index contributed by atoms with van der Waals surface area (Å²) in [6, 6.07) is 15.9. The Bertz CT molecular complexity index is 822. The number of urea groups is 1. The van der Waals surface area contributed by atoms with Crippen LogP contribution in [0.4, 0.5) is 10.5 Å². The molecule has 0 bridgehead atoms. The van der Waals surface area contributed by atoms with Crippen LogP contribution in [0.5, 0.6) is 0 Å². The van der Waals surface area contributed by atoms with Crippen LogP contribution in [-0.2, 0) is 10.0 Å². The molecule has 0 aliphatic rings. The van der Waals surface area contributed by atoms with Crippen molar-refractivity contribution in [2.24, 2.45) is 0 Å². The van der Waals surface area contributed by atoms with E-state index < -0.39 is 16.1 Å². The summed E-state index contributed by atoms with van der Waals surface area (Å²) in [4.78, 5) is 16.8. The van der Waals surface area contributed by atoms with Crippen LogP contribution in [0, 0.1) is 0 Å². The fourth-order valence-electron chi connectivity index (χ4n) is 2.70. The van der Waals surface area contributed by atoms with Crippen molar-refractivity contribution in [3.8, 4) is 0 Å². The largest absolute Gasteiger partial charge is 0.338 e. The highest BCUT2D eigenvalue weighted by Gasteiger charge is 2.32. The van der Waals surface area contributed by atoms with Gasteiger partial charge in [0.05, 0.1) is 10.6 Å². The number of benzene rings is 2. The third-order valence-corrected chi connectivity index (χ3v) is 6.13. The van der Waals surface area contributed by atoms with Gasteiger partial charge in [0.25, 0.3) is 10.0 Å². The minimum Gasteiger partial charge on any atom is -0.325 e. The molecule has 0 spiro atoms. The molecule has 0 fully saturated rings. The van der Waals surface area contributed by atoms with Crippen LogP contribution >= 0.6 is 0 Å². The second-order valence-corrected chi connectivity index (χ2v) is 7.94. The van der Waals surface area contributed by atoms with Gasteiger partial charge in [-0.1, -0.05) is 50.2 Å². The molecule has 0 aliphatic carbocycles. The van der Waals surface area contributed by atoms with Crippen LogP contribution in [0.1, 0.15) is 13.8 Å². The van der Waals surface area contributed by atoms with Crippen LogP contribution in [0.2, 0.25) is 0 Å². The number of hydrogen-bond donors (Lipinski definition) is 0. The van der Waals surface area contributed by atoms with E-state index in [0.29, 0.717) is 18.8 Å². The molecule has 0 aliphatic heterocycles. The Balaban J connectivity index is 2.35. The Kier molecular flexibility index (Phi) is 7.38. The Labute approximate surface area is 162 Å². The normalized spacial score (nSPS) is 11.4. The van der Waals surface area contributed by atoms with Crippen molar-refractivity contribution in [2.75, 3.05) is 37.5 Å². The fourth-order valence-corrected chi connectivity index (χ4v) is 4.15. The Morgan fingerprint density at radius 2 is 1.37 bits per heavy atom. The summed E-state index contributed by atoms with van der Waals surface area (Å²) in [5, 5.41) is 0. The number of anilines is 1. The first-order chi connectivity index (χ1) is 12.9.